The van der Waals surface area contributed by atoms with Crippen LogP contribution in [0.4, 0.5) is 20.0 Å². The Morgan fingerprint density at radius 2 is 0.680 bits per heavy atom. The van der Waals surface area contributed by atoms with Gasteiger partial charge < -0.3 is 79.8 Å². The van der Waals surface area contributed by atoms with Crippen molar-refractivity contribution < 1.29 is 138 Å². The molecule has 39 heteroatoms. The van der Waals surface area contributed by atoms with Gasteiger partial charge in [-0.05, 0) is 111 Å². The number of rotatable bonds is 27. The standard InChI is InChI=1S/C22H22Cl2N2O3S.C21H22Cl2N2O4S.C21H20Cl2N2O4S.C19H18Cl2N2O4S.B.2Na.H2O.H/c1-3-5-15(14-6-7-17(23)18(24)12-14)19-16(13-25)21(26-8-10-28-11-9-26)30-20(19)22(27)29-4-2;2*1-2-29-21(27)19-18(14(5-8-26)13-3-4-16(22)17(23)11-13)15(12-24)20(30-19)25-6-9-28-10-7-25;20-14-2-1-11(9-15(14)21)12(3-6-24)16-13(10-22)18(28-17(16)19(25)26)23-4-7-27-8-5-23;;;;;/h3,6-7,12,15H,1,4-5,8-11H2,2H3;3-4,11,14,26H,2,5-10H2,1H3;3-4,8,11,14H,2,5-7,9-10H2,1H3;1-2,9,12,24H,3-8H2,(H,25,26);;;;1H2;/q;;;;;2*+1;;-1/p-1. The molecular weight excluding hydrogens is 1830 g/mol. The average molecular weight is 1920 g/mol. The molecule has 637 valence electrons. The molecule has 0 spiro atoms. The van der Waals surface area contributed by atoms with Crippen LogP contribution in [-0.2, 0) is 38.0 Å². The number of nitrogens with zero attached hydrogens (tertiary/aromatic N) is 8. The van der Waals surface area contributed by atoms with E-state index < -0.39 is 41.6 Å². The minimum atomic E-state index is -1.10. The number of carboxylic acid groups (broad SMARTS) is 1. The molecule has 24 nitrogen and oxygen atoms in total. The molecule has 0 amide bonds. The normalized spacial score (nSPS) is 14.5. The van der Waals surface area contributed by atoms with E-state index in [2.05, 4.69) is 40.7 Å². The van der Waals surface area contributed by atoms with Gasteiger partial charge in [0.1, 0.15) is 70.1 Å². The molecule has 4 fully saturated rings. The first-order chi connectivity index (χ1) is 57.0. The van der Waals surface area contributed by atoms with E-state index in [1.807, 2.05) is 15.9 Å². The molecule has 4 atom stereocenters. The summed E-state index contributed by atoms with van der Waals surface area (Å²) in [6, 6.07) is 29.7. The Hall–Kier alpha value is -5.77. The largest absolute Gasteiger partial charge is 1.00 e. The monoisotopic (exact) mass is 1910 g/mol. The zero-order valence-electron chi connectivity index (χ0n) is 68.3. The van der Waals surface area contributed by atoms with Crippen molar-refractivity contribution in [2.45, 2.75) is 70.1 Å². The number of benzene rings is 4. The first-order valence-corrected chi connectivity index (χ1v) is 43.7. The van der Waals surface area contributed by atoms with Gasteiger partial charge in [-0.2, -0.15) is 21.0 Å². The molecule has 4 saturated heterocycles. The minimum Gasteiger partial charge on any atom is -1.00 e. The van der Waals surface area contributed by atoms with Crippen LogP contribution in [0, 0.1) is 45.3 Å². The third-order valence-electron chi connectivity index (χ3n) is 19.3. The van der Waals surface area contributed by atoms with Gasteiger partial charge in [0.25, 0.3) is 0 Å². The van der Waals surface area contributed by atoms with Crippen LogP contribution in [0.5, 0.6) is 0 Å². The van der Waals surface area contributed by atoms with Crippen LogP contribution in [0.25, 0.3) is 0 Å². The summed E-state index contributed by atoms with van der Waals surface area (Å²) in [6.07, 6.45) is 3.73. The number of thiophene rings is 4. The molecule has 8 heterocycles. The van der Waals surface area contributed by atoms with Gasteiger partial charge in [0, 0.05) is 126 Å². The first kappa shape index (κ1) is 107. The van der Waals surface area contributed by atoms with E-state index >= 15 is 0 Å². The van der Waals surface area contributed by atoms with E-state index in [1.165, 1.54) is 34.0 Å². The zero-order chi connectivity index (χ0) is 85.3. The van der Waals surface area contributed by atoms with E-state index in [4.69, 9.17) is 126 Å². The van der Waals surface area contributed by atoms with Gasteiger partial charge >= 0.3 is 83.0 Å². The van der Waals surface area contributed by atoms with Crippen LogP contribution in [0.2, 0.25) is 40.2 Å². The number of hydrogen-bond acceptors (Lipinski definition) is 27. The van der Waals surface area contributed by atoms with Crippen molar-refractivity contribution in [1.82, 2.24) is 0 Å². The molecule has 0 bridgehead atoms. The second-order valence-corrected chi connectivity index (χ2v) is 33.5. The van der Waals surface area contributed by atoms with Crippen molar-refractivity contribution in [3.05, 3.63) is 212 Å². The summed E-state index contributed by atoms with van der Waals surface area (Å²) in [5, 5.41) is 75.1. The number of aliphatic hydroxyl groups is 2. The Balaban J connectivity index is 0.000000340. The average Bonchev–Trinajstić information content (AvgIpc) is 1.64. The molecule has 4 aromatic carbocycles. The Labute approximate surface area is 812 Å². The van der Waals surface area contributed by atoms with Crippen LogP contribution in [0.15, 0.2) is 85.5 Å². The first-order valence-electron chi connectivity index (χ1n) is 37.4. The van der Waals surface area contributed by atoms with Crippen molar-refractivity contribution in [2.24, 2.45) is 0 Å². The molecule has 0 aliphatic carbocycles. The van der Waals surface area contributed by atoms with E-state index in [0.717, 1.165) is 38.8 Å². The molecule has 4 unspecified atom stereocenters. The number of hydrogen-bond donors (Lipinski definition) is 3. The number of carboxylic acids is 1. The number of halogens is 8. The van der Waals surface area contributed by atoms with E-state index in [9.17, 15) is 60.3 Å². The van der Waals surface area contributed by atoms with Crippen LogP contribution in [-0.4, -0.2) is 198 Å². The number of carbonyl (C=O) groups is 5. The van der Waals surface area contributed by atoms with Gasteiger partial charge in [-0.15, -0.1) is 51.9 Å². The third kappa shape index (κ3) is 26.5. The topological polar surface area (TPSA) is 349 Å². The molecular formula is C83H84BCl8N8Na2O16S4. The SMILES string of the molecule is C=CCC(c1ccc(Cl)c(Cl)c1)c1c(C(=O)OCC)sc(N2CCOCC2)c1C#N.CCOC(=O)c1sc(N2CCOCC2)c(C#N)c1C(CC=O)c1ccc(Cl)c(Cl)c1.CCOC(=O)c1sc(N2CCOCC2)c(C#N)c1C(CCO)c1ccc(Cl)c(Cl)c1.N#Cc1c(N2CCOCC2)sc(C(=O)O)c1C(CCO)c1ccc(Cl)c(Cl)c1.[B].[H-].[Na+].[Na+].[OH-]. The van der Waals surface area contributed by atoms with Crippen LogP contribution < -0.4 is 78.7 Å². The Bertz CT molecular complexity index is 4940. The van der Waals surface area contributed by atoms with Crippen LogP contribution >= 0.6 is 138 Å². The Morgan fingerprint density at radius 1 is 0.443 bits per heavy atom. The zero-order valence-corrected chi connectivity index (χ0v) is 80.6. The molecule has 4 N–H and O–H groups in total. The fourth-order valence-corrected chi connectivity index (χ4v) is 20.1. The molecule has 0 saturated carbocycles. The number of morpholine rings is 4. The summed E-state index contributed by atoms with van der Waals surface area (Å²) in [6.45, 7) is 18.9. The fourth-order valence-electron chi connectivity index (χ4n) is 13.9. The molecule has 4 aromatic heterocycles. The van der Waals surface area contributed by atoms with Crippen molar-refractivity contribution >= 4 is 197 Å². The predicted molar refractivity (Wildman–Crippen MR) is 474 cm³/mol. The number of aldehydes is 1. The number of aliphatic hydroxyl groups excluding tert-OH is 2. The number of esters is 3. The number of carbonyl (C=O) groups excluding carboxylic acids is 4. The smallest absolute Gasteiger partial charge is 1.00 e. The second kappa shape index (κ2) is 53.1. The summed E-state index contributed by atoms with van der Waals surface area (Å²) in [5.74, 6) is -4.23. The van der Waals surface area contributed by atoms with Crippen LogP contribution in [0.3, 0.4) is 0 Å². The van der Waals surface area contributed by atoms with Crippen LogP contribution in [0.1, 0.15) is 177 Å². The van der Waals surface area contributed by atoms with Gasteiger partial charge in [-0.1, -0.05) is 123 Å². The number of aromatic carboxylic acids is 1. The quantitative estimate of drug-likeness (QED) is 0.0141. The third-order valence-corrected chi connectivity index (χ3v) is 27.2. The van der Waals surface area contributed by atoms with Gasteiger partial charge in [0.15, 0.2) is 0 Å². The maximum atomic E-state index is 12.9. The van der Waals surface area contributed by atoms with Gasteiger partial charge in [0.2, 0.25) is 0 Å². The molecule has 4 aliphatic heterocycles. The number of allylic oxidation sites excluding steroid dienone is 1. The summed E-state index contributed by atoms with van der Waals surface area (Å²) in [4.78, 5) is 71.4. The summed E-state index contributed by atoms with van der Waals surface area (Å²) >= 11 is 53.9. The predicted octanol–water partition coefficient (Wildman–Crippen LogP) is 12.3. The van der Waals surface area contributed by atoms with Gasteiger partial charge in [0.05, 0.1) is 135 Å². The maximum Gasteiger partial charge on any atom is 1.00 e. The minimum absolute atomic E-state index is 0. The molecule has 4 aliphatic rings. The van der Waals surface area contributed by atoms with Crippen molar-refractivity contribution in [3.8, 4) is 24.3 Å². The Morgan fingerprint density at radius 3 is 0.902 bits per heavy atom. The summed E-state index contributed by atoms with van der Waals surface area (Å²) in [7, 11) is 0. The fraction of sp³-hybridized carbons (Fsp3) is 0.386. The molecule has 122 heavy (non-hydrogen) atoms. The molecule has 12 rings (SSSR count). The van der Waals surface area contributed by atoms with Crippen molar-refractivity contribution in [3.63, 3.8) is 0 Å². The van der Waals surface area contributed by atoms with Gasteiger partial charge in [-0.3, -0.25) is 0 Å². The second-order valence-electron chi connectivity index (χ2n) is 26.3. The number of ether oxygens (including phenoxy) is 7. The molecule has 3 radical (unpaired) electrons. The van der Waals surface area contributed by atoms with E-state index in [1.54, 1.807) is 93.6 Å². The number of nitriles is 4. The van der Waals surface area contributed by atoms with Gasteiger partial charge in [-0.25, -0.2) is 19.2 Å². The van der Waals surface area contributed by atoms with Crippen molar-refractivity contribution in [1.29, 1.82) is 21.0 Å². The Kier molecular flexibility index (Phi) is 46.5. The summed E-state index contributed by atoms with van der Waals surface area (Å²) < 4.78 is 37.5. The maximum absolute atomic E-state index is 12.9. The van der Waals surface area contributed by atoms with Crippen molar-refractivity contribution in [2.75, 3.05) is 158 Å². The van der Waals surface area contributed by atoms with E-state index in [-0.39, 0.29) is 131 Å². The molecule has 8 aromatic rings. The number of anilines is 4. The van der Waals surface area contributed by atoms with E-state index in [0.29, 0.717) is 239 Å². The summed E-state index contributed by atoms with van der Waals surface area (Å²) in [5.41, 5.74) is 6.77.